The van der Waals surface area contributed by atoms with Gasteiger partial charge in [0.15, 0.2) is 0 Å². The molecule has 1 aromatic heterocycles. The SMILES string of the molecule is Cc1cc(C)c(-c2ccc(=O)n(CC(=O)Nc3ccccc3)n2)cc1C. The van der Waals surface area contributed by atoms with Gasteiger partial charge in [-0.1, -0.05) is 24.3 Å². The first-order valence-electron chi connectivity index (χ1n) is 8.45. The molecule has 0 atom stereocenters. The third kappa shape index (κ3) is 3.88. The molecule has 26 heavy (non-hydrogen) atoms. The minimum Gasteiger partial charge on any atom is -0.324 e. The van der Waals surface area contributed by atoms with Crippen LogP contribution in [-0.4, -0.2) is 15.7 Å². The van der Waals surface area contributed by atoms with Crippen molar-refractivity contribution in [3.05, 3.63) is 81.6 Å². The Kier molecular flexibility index (Phi) is 4.98. The highest BCUT2D eigenvalue weighted by Gasteiger charge is 2.11. The second-order valence-corrected chi connectivity index (χ2v) is 6.38. The van der Waals surface area contributed by atoms with Crippen molar-refractivity contribution in [2.45, 2.75) is 27.3 Å². The van der Waals surface area contributed by atoms with Crippen molar-refractivity contribution >= 4 is 11.6 Å². The number of hydrogen-bond acceptors (Lipinski definition) is 3. The molecule has 5 heteroatoms. The van der Waals surface area contributed by atoms with E-state index in [9.17, 15) is 9.59 Å². The fourth-order valence-corrected chi connectivity index (χ4v) is 2.80. The van der Waals surface area contributed by atoms with Gasteiger partial charge in [0.05, 0.1) is 5.69 Å². The largest absolute Gasteiger partial charge is 0.324 e. The average Bonchev–Trinajstić information content (AvgIpc) is 2.61. The Balaban J connectivity index is 1.88. The van der Waals surface area contributed by atoms with E-state index in [0.29, 0.717) is 11.4 Å². The number of hydrogen-bond donors (Lipinski definition) is 1. The second kappa shape index (κ2) is 7.35. The van der Waals surface area contributed by atoms with Gasteiger partial charge in [0, 0.05) is 17.3 Å². The predicted octanol–water partition coefficient (Wildman–Crippen LogP) is 3.47. The molecule has 0 saturated carbocycles. The number of aromatic nitrogens is 2. The first-order valence-corrected chi connectivity index (χ1v) is 8.45. The van der Waals surface area contributed by atoms with Gasteiger partial charge in [-0.3, -0.25) is 9.59 Å². The molecule has 0 aliphatic carbocycles. The van der Waals surface area contributed by atoms with Crippen molar-refractivity contribution in [1.29, 1.82) is 0 Å². The van der Waals surface area contributed by atoms with E-state index in [-0.39, 0.29) is 18.0 Å². The molecule has 5 nitrogen and oxygen atoms in total. The molecule has 0 radical (unpaired) electrons. The molecular weight excluding hydrogens is 326 g/mol. The molecule has 0 spiro atoms. The van der Waals surface area contributed by atoms with Gasteiger partial charge in [-0.15, -0.1) is 0 Å². The molecule has 0 aliphatic heterocycles. The highest BCUT2D eigenvalue weighted by molar-refractivity contribution is 5.90. The maximum Gasteiger partial charge on any atom is 0.267 e. The molecule has 0 saturated heterocycles. The van der Waals surface area contributed by atoms with Crippen molar-refractivity contribution < 1.29 is 4.79 Å². The van der Waals surface area contributed by atoms with E-state index in [1.54, 1.807) is 18.2 Å². The summed E-state index contributed by atoms with van der Waals surface area (Å²) in [5.41, 5.74) is 5.47. The first kappa shape index (κ1) is 17.6. The lowest BCUT2D eigenvalue weighted by molar-refractivity contribution is -0.117. The van der Waals surface area contributed by atoms with Crippen LogP contribution in [-0.2, 0) is 11.3 Å². The zero-order chi connectivity index (χ0) is 18.7. The summed E-state index contributed by atoms with van der Waals surface area (Å²) in [6.45, 7) is 5.99. The summed E-state index contributed by atoms with van der Waals surface area (Å²) in [5, 5.41) is 7.17. The van der Waals surface area contributed by atoms with E-state index >= 15 is 0 Å². The average molecular weight is 347 g/mol. The topological polar surface area (TPSA) is 64.0 Å². The van der Waals surface area contributed by atoms with Gasteiger partial charge in [-0.25, -0.2) is 4.68 Å². The minimum absolute atomic E-state index is 0.133. The molecule has 1 amide bonds. The third-order valence-corrected chi connectivity index (χ3v) is 4.33. The summed E-state index contributed by atoms with van der Waals surface area (Å²) in [6, 6.07) is 16.4. The van der Waals surface area contributed by atoms with Crippen LogP contribution in [0.15, 0.2) is 59.4 Å². The Morgan fingerprint density at radius 2 is 1.65 bits per heavy atom. The smallest absolute Gasteiger partial charge is 0.267 e. The summed E-state index contributed by atoms with van der Waals surface area (Å²) >= 11 is 0. The third-order valence-electron chi connectivity index (χ3n) is 4.33. The first-order chi connectivity index (χ1) is 12.4. The van der Waals surface area contributed by atoms with Gasteiger partial charge in [0.2, 0.25) is 5.91 Å². The fraction of sp³-hybridized carbons (Fsp3) is 0.190. The second-order valence-electron chi connectivity index (χ2n) is 6.38. The number of aryl methyl sites for hydroxylation is 3. The lowest BCUT2D eigenvalue weighted by atomic mass is 9.99. The summed E-state index contributed by atoms with van der Waals surface area (Å²) in [5.74, 6) is -0.292. The number of rotatable bonds is 4. The number of nitrogens with zero attached hydrogens (tertiary/aromatic N) is 2. The molecule has 2 aromatic carbocycles. The van der Waals surface area contributed by atoms with E-state index < -0.39 is 0 Å². The van der Waals surface area contributed by atoms with E-state index in [1.165, 1.54) is 16.3 Å². The van der Waals surface area contributed by atoms with Crippen molar-refractivity contribution in [3.63, 3.8) is 0 Å². The summed E-state index contributed by atoms with van der Waals surface area (Å²) in [7, 11) is 0. The predicted molar refractivity (Wildman–Crippen MR) is 103 cm³/mol. The van der Waals surface area contributed by atoms with Crippen molar-refractivity contribution in [2.75, 3.05) is 5.32 Å². The van der Waals surface area contributed by atoms with Gasteiger partial charge < -0.3 is 5.32 Å². The molecular formula is C21H21N3O2. The van der Waals surface area contributed by atoms with Crippen LogP contribution in [0, 0.1) is 20.8 Å². The van der Waals surface area contributed by atoms with Crippen LogP contribution >= 0.6 is 0 Å². The van der Waals surface area contributed by atoms with E-state index in [2.05, 4.69) is 29.5 Å². The van der Waals surface area contributed by atoms with Gasteiger partial charge in [-0.05, 0) is 61.7 Å². The van der Waals surface area contributed by atoms with Crippen LogP contribution in [0.25, 0.3) is 11.3 Å². The van der Waals surface area contributed by atoms with Crippen LogP contribution in [0.5, 0.6) is 0 Å². The molecule has 0 aliphatic rings. The number of anilines is 1. The zero-order valence-corrected chi connectivity index (χ0v) is 15.1. The van der Waals surface area contributed by atoms with Crippen LogP contribution in [0.4, 0.5) is 5.69 Å². The highest BCUT2D eigenvalue weighted by atomic mass is 16.2. The number of carbonyl (C=O) groups is 1. The Morgan fingerprint density at radius 3 is 2.38 bits per heavy atom. The molecule has 0 unspecified atom stereocenters. The number of amides is 1. The van der Waals surface area contributed by atoms with E-state index in [4.69, 9.17) is 0 Å². The number of carbonyl (C=O) groups excluding carboxylic acids is 1. The normalized spacial score (nSPS) is 10.6. The zero-order valence-electron chi connectivity index (χ0n) is 15.1. The maximum absolute atomic E-state index is 12.2. The standard InChI is InChI=1S/C21H21N3O2/c1-14-11-16(3)18(12-15(14)2)19-9-10-21(26)24(23-19)13-20(25)22-17-7-5-4-6-8-17/h4-12H,13H2,1-3H3,(H,22,25). The van der Waals surface area contributed by atoms with E-state index in [1.807, 2.05) is 32.0 Å². The minimum atomic E-state index is -0.307. The number of para-hydroxylation sites is 1. The molecule has 0 bridgehead atoms. The molecule has 3 aromatic rings. The van der Waals surface area contributed by atoms with Crippen LogP contribution in [0.1, 0.15) is 16.7 Å². The lowest BCUT2D eigenvalue weighted by Gasteiger charge is -2.11. The fourth-order valence-electron chi connectivity index (χ4n) is 2.80. The van der Waals surface area contributed by atoms with E-state index in [0.717, 1.165) is 16.7 Å². The van der Waals surface area contributed by atoms with Crippen molar-refractivity contribution in [1.82, 2.24) is 9.78 Å². The summed E-state index contributed by atoms with van der Waals surface area (Å²) in [6.07, 6.45) is 0. The Morgan fingerprint density at radius 1 is 0.962 bits per heavy atom. The van der Waals surface area contributed by atoms with Crippen molar-refractivity contribution in [2.24, 2.45) is 0 Å². The van der Waals surface area contributed by atoms with Crippen LogP contribution < -0.4 is 10.9 Å². The van der Waals surface area contributed by atoms with Gasteiger partial charge in [-0.2, -0.15) is 5.10 Å². The van der Waals surface area contributed by atoms with Gasteiger partial charge in [0.25, 0.3) is 5.56 Å². The summed E-state index contributed by atoms with van der Waals surface area (Å²) < 4.78 is 1.20. The Bertz CT molecular complexity index is 1010. The van der Waals surface area contributed by atoms with Gasteiger partial charge in [0.1, 0.15) is 6.54 Å². The monoisotopic (exact) mass is 347 g/mol. The van der Waals surface area contributed by atoms with Crippen LogP contribution in [0.3, 0.4) is 0 Å². The molecule has 1 N–H and O–H groups in total. The summed E-state index contributed by atoms with van der Waals surface area (Å²) in [4.78, 5) is 24.4. The molecule has 0 fully saturated rings. The molecule has 1 heterocycles. The lowest BCUT2D eigenvalue weighted by Crippen LogP contribution is -2.29. The molecule has 132 valence electrons. The Labute approximate surface area is 152 Å². The maximum atomic E-state index is 12.2. The van der Waals surface area contributed by atoms with Crippen molar-refractivity contribution in [3.8, 4) is 11.3 Å². The Hall–Kier alpha value is -3.21. The quantitative estimate of drug-likeness (QED) is 0.786. The van der Waals surface area contributed by atoms with Gasteiger partial charge >= 0.3 is 0 Å². The highest BCUT2D eigenvalue weighted by Crippen LogP contribution is 2.24. The number of nitrogens with one attached hydrogen (secondary N) is 1. The number of benzene rings is 2. The van der Waals surface area contributed by atoms with Crippen LogP contribution in [0.2, 0.25) is 0 Å². The molecule has 3 rings (SSSR count).